The molecule has 7 nitrogen and oxygen atoms in total. The largest absolute Gasteiger partial charge is 0.379 e. The van der Waals surface area contributed by atoms with Crippen molar-refractivity contribution < 1.29 is 13.2 Å². The first-order chi connectivity index (χ1) is 13.5. The summed E-state index contributed by atoms with van der Waals surface area (Å²) in [5, 5.41) is 2.04. The molecule has 4 rings (SSSR count). The van der Waals surface area contributed by atoms with Crippen LogP contribution in [0.5, 0.6) is 0 Å². The van der Waals surface area contributed by atoms with Crippen LogP contribution in [0.25, 0.3) is 11.0 Å². The number of imidazole rings is 1. The fraction of sp³-hybridized carbons (Fsp3) is 0.444. The summed E-state index contributed by atoms with van der Waals surface area (Å²) < 4.78 is 35.8. The Morgan fingerprint density at radius 2 is 2.04 bits per heavy atom. The molecule has 1 aliphatic heterocycles. The highest BCUT2D eigenvalue weighted by Gasteiger charge is 2.27. The Bertz CT molecular complexity index is 1080. The van der Waals surface area contributed by atoms with Gasteiger partial charge in [0, 0.05) is 30.7 Å². The molecule has 150 valence electrons. The molecule has 0 N–H and O–H groups in total. The van der Waals surface area contributed by atoms with Crippen LogP contribution in [-0.2, 0) is 27.1 Å². The molecule has 10 heteroatoms. The van der Waals surface area contributed by atoms with Gasteiger partial charge in [-0.15, -0.1) is 11.3 Å². The topological polar surface area (TPSA) is 77.3 Å². The van der Waals surface area contributed by atoms with E-state index in [0.717, 1.165) is 27.9 Å². The van der Waals surface area contributed by atoms with E-state index in [2.05, 4.69) is 16.5 Å². The molecule has 0 unspecified atom stereocenters. The number of hydrogen-bond donors (Lipinski definition) is 0. The van der Waals surface area contributed by atoms with Crippen LogP contribution >= 0.6 is 23.1 Å². The van der Waals surface area contributed by atoms with E-state index >= 15 is 0 Å². The van der Waals surface area contributed by atoms with Crippen molar-refractivity contribution in [2.75, 3.05) is 26.3 Å². The Balaban J connectivity index is 1.64. The van der Waals surface area contributed by atoms with Gasteiger partial charge in [0.05, 0.1) is 34.9 Å². The van der Waals surface area contributed by atoms with E-state index in [1.165, 1.54) is 4.31 Å². The summed E-state index contributed by atoms with van der Waals surface area (Å²) in [6.45, 7) is 6.48. The zero-order valence-electron chi connectivity index (χ0n) is 15.8. The van der Waals surface area contributed by atoms with Gasteiger partial charge in [-0.1, -0.05) is 11.8 Å². The fourth-order valence-electron chi connectivity index (χ4n) is 3.24. The van der Waals surface area contributed by atoms with Crippen LogP contribution in [0.2, 0.25) is 0 Å². The molecular formula is C18H22N4O3S3. The van der Waals surface area contributed by atoms with Gasteiger partial charge in [-0.2, -0.15) is 4.31 Å². The average Bonchev–Trinajstić information content (AvgIpc) is 3.28. The molecule has 0 radical (unpaired) electrons. The number of thioether (sulfide) groups is 1. The van der Waals surface area contributed by atoms with E-state index in [1.807, 2.05) is 18.4 Å². The summed E-state index contributed by atoms with van der Waals surface area (Å²) in [6, 6.07) is 5.23. The van der Waals surface area contributed by atoms with Gasteiger partial charge in [0.1, 0.15) is 5.82 Å². The van der Waals surface area contributed by atoms with Gasteiger partial charge in [-0.05, 0) is 32.0 Å². The highest BCUT2D eigenvalue weighted by atomic mass is 32.2. The fourth-order valence-corrected chi connectivity index (χ4v) is 6.47. The molecule has 1 aliphatic rings. The minimum absolute atomic E-state index is 0.289. The maximum absolute atomic E-state index is 12.9. The average molecular weight is 439 g/mol. The number of sulfonamides is 1. The molecule has 28 heavy (non-hydrogen) atoms. The lowest BCUT2D eigenvalue weighted by molar-refractivity contribution is 0.0730. The number of morpholine rings is 1. The van der Waals surface area contributed by atoms with E-state index in [-0.39, 0.29) is 4.90 Å². The van der Waals surface area contributed by atoms with Crippen LogP contribution in [0.1, 0.15) is 18.4 Å². The Hall–Kier alpha value is -1.46. The standard InChI is InChI=1S/C18H22N4O3S3/c1-3-22-16-5-4-14(28(23,24)21-6-8-25-9-7-21)10-15(16)20-17(22)12-27-18-19-13(2)11-26-18/h4-5,10-11H,3,6-9,12H2,1-2H3. The molecule has 1 fully saturated rings. The number of aryl methyl sites for hydroxylation is 2. The summed E-state index contributed by atoms with van der Waals surface area (Å²) in [4.78, 5) is 9.51. The second-order valence-corrected chi connectivity index (χ2v) is 10.5. The molecule has 2 aromatic heterocycles. The van der Waals surface area contributed by atoms with Crippen LogP contribution in [0.3, 0.4) is 0 Å². The highest BCUT2D eigenvalue weighted by molar-refractivity contribution is 8.00. The molecule has 1 saturated heterocycles. The molecule has 1 aromatic carbocycles. The number of hydrogen-bond acceptors (Lipinski definition) is 7. The third-order valence-corrected chi connectivity index (χ3v) is 8.68. The van der Waals surface area contributed by atoms with E-state index in [1.54, 1.807) is 35.2 Å². The smallest absolute Gasteiger partial charge is 0.243 e. The zero-order valence-corrected chi connectivity index (χ0v) is 18.2. The molecule has 0 bridgehead atoms. The van der Waals surface area contributed by atoms with Crippen molar-refractivity contribution >= 4 is 44.2 Å². The molecular weight excluding hydrogens is 416 g/mol. The monoisotopic (exact) mass is 438 g/mol. The lowest BCUT2D eigenvalue weighted by Crippen LogP contribution is -2.40. The van der Waals surface area contributed by atoms with E-state index in [9.17, 15) is 8.42 Å². The van der Waals surface area contributed by atoms with Crippen LogP contribution < -0.4 is 0 Å². The van der Waals surface area contributed by atoms with Gasteiger partial charge in [0.15, 0.2) is 4.34 Å². The van der Waals surface area contributed by atoms with Crippen LogP contribution in [-0.4, -0.2) is 53.6 Å². The van der Waals surface area contributed by atoms with E-state index in [4.69, 9.17) is 9.72 Å². The second kappa shape index (κ2) is 8.11. The van der Waals surface area contributed by atoms with Crippen molar-refractivity contribution in [1.29, 1.82) is 0 Å². The SMILES string of the molecule is CCn1c(CSc2nc(C)cs2)nc2cc(S(=O)(=O)N3CCOCC3)ccc21. The number of nitrogens with zero attached hydrogens (tertiary/aromatic N) is 4. The van der Waals surface area contributed by atoms with Gasteiger partial charge < -0.3 is 9.30 Å². The first-order valence-corrected chi connectivity index (χ1v) is 12.4. The van der Waals surface area contributed by atoms with Crippen LogP contribution in [0.15, 0.2) is 32.8 Å². The van der Waals surface area contributed by atoms with Gasteiger partial charge >= 0.3 is 0 Å². The van der Waals surface area contributed by atoms with Crippen molar-refractivity contribution in [3.63, 3.8) is 0 Å². The molecule has 3 heterocycles. The molecule has 0 aliphatic carbocycles. The van der Waals surface area contributed by atoms with Gasteiger partial charge in [-0.25, -0.2) is 18.4 Å². The minimum Gasteiger partial charge on any atom is -0.379 e. The summed E-state index contributed by atoms with van der Waals surface area (Å²) in [6.07, 6.45) is 0. The summed E-state index contributed by atoms with van der Waals surface area (Å²) >= 11 is 3.29. The first kappa shape index (κ1) is 19.8. The van der Waals surface area contributed by atoms with Crippen molar-refractivity contribution in [1.82, 2.24) is 18.8 Å². The quantitative estimate of drug-likeness (QED) is 0.550. The Kier molecular flexibility index (Phi) is 5.75. The minimum atomic E-state index is -3.53. The molecule has 0 spiro atoms. The van der Waals surface area contributed by atoms with Gasteiger partial charge in [0.25, 0.3) is 0 Å². The predicted octanol–water partition coefficient (Wildman–Crippen LogP) is 3.13. The Labute approximate surface area is 172 Å². The number of rotatable bonds is 6. The molecule has 3 aromatic rings. The third kappa shape index (κ3) is 3.84. The first-order valence-electron chi connectivity index (χ1n) is 9.11. The van der Waals surface area contributed by atoms with Crippen molar-refractivity contribution in [3.05, 3.63) is 35.1 Å². The number of ether oxygens (including phenoxy) is 1. The Morgan fingerprint density at radius 3 is 2.71 bits per heavy atom. The summed E-state index contributed by atoms with van der Waals surface area (Å²) in [5.74, 6) is 1.62. The number of benzene rings is 1. The number of aromatic nitrogens is 3. The van der Waals surface area contributed by atoms with Crippen molar-refractivity contribution in [2.24, 2.45) is 0 Å². The number of thiazole rings is 1. The zero-order chi connectivity index (χ0) is 19.7. The predicted molar refractivity (Wildman–Crippen MR) is 111 cm³/mol. The highest BCUT2D eigenvalue weighted by Crippen LogP contribution is 2.29. The second-order valence-electron chi connectivity index (χ2n) is 6.48. The third-order valence-electron chi connectivity index (χ3n) is 4.65. The van der Waals surface area contributed by atoms with Crippen molar-refractivity contribution in [2.45, 2.75) is 35.4 Å². The van der Waals surface area contributed by atoms with E-state index in [0.29, 0.717) is 37.6 Å². The summed E-state index contributed by atoms with van der Waals surface area (Å²) in [7, 11) is -3.53. The maximum atomic E-state index is 12.9. The van der Waals surface area contributed by atoms with Crippen molar-refractivity contribution in [3.8, 4) is 0 Å². The van der Waals surface area contributed by atoms with Gasteiger partial charge in [0.2, 0.25) is 10.0 Å². The normalized spacial score (nSPS) is 16.1. The number of fused-ring (bicyclic) bond motifs is 1. The summed E-state index contributed by atoms with van der Waals surface area (Å²) in [5.41, 5.74) is 2.69. The molecule has 0 atom stereocenters. The molecule has 0 amide bonds. The van der Waals surface area contributed by atoms with Crippen LogP contribution in [0, 0.1) is 6.92 Å². The van der Waals surface area contributed by atoms with E-state index < -0.39 is 10.0 Å². The molecule has 0 saturated carbocycles. The lowest BCUT2D eigenvalue weighted by Gasteiger charge is -2.26. The van der Waals surface area contributed by atoms with Crippen LogP contribution in [0.4, 0.5) is 0 Å². The van der Waals surface area contributed by atoms with Gasteiger partial charge in [-0.3, -0.25) is 0 Å². The maximum Gasteiger partial charge on any atom is 0.243 e. The Morgan fingerprint density at radius 1 is 1.25 bits per heavy atom. The lowest BCUT2D eigenvalue weighted by atomic mass is 10.3.